The van der Waals surface area contributed by atoms with Gasteiger partial charge in [0.25, 0.3) is 5.56 Å². The summed E-state index contributed by atoms with van der Waals surface area (Å²) in [7, 11) is 3.13. The van der Waals surface area contributed by atoms with Crippen LogP contribution in [0.2, 0.25) is 0 Å². The lowest BCUT2D eigenvalue weighted by molar-refractivity contribution is 0.0989. The zero-order valence-electron chi connectivity index (χ0n) is 21.0. The molecule has 0 spiro atoms. The van der Waals surface area contributed by atoms with Crippen LogP contribution in [0.1, 0.15) is 21.7 Å². The third kappa shape index (κ3) is 4.94. The van der Waals surface area contributed by atoms with Gasteiger partial charge in [-0.1, -0.05) is 18.2 Å². The van der Waals surface area contributed by atoms with Gasteiger partial charge in [0.1, 0.15) is 11.5 Å². The molecule has 190 valence electrons. The summed E-state index contributed by atoms with van der Waals surface area (Å²) in [4.78, 5) is 34.9. The number of ketones is 1. The SMILES string of the molecule is COc1cc2nccc(Oc3ccc(CC(=O)c4cc(C)nn(-c5ccccc5)c4=O)nc3)c2cc1OC. The van der Waals surface area contributed by atoms with E-state index in [0.717, 1.165) is 5.39 Å². The second-order valence-electron chi connectivity index (χ2n) is 8.47. The minimum absolute atomic E-state index is 0.0387. The molecule has 0 aliphatic heterocycles. The smallest absolute Gasteiger partial charge is 0.282 e. The molecule has 5 rings (SSSR count). The normalized spacial score (nSPS) is 10.8. The second kappa shape index (κ2) is 10.5. The molecule has 38 heavy (non-hydrogen) atoms. The fraction of sp³-hybridized carbons (Fsp3) is 0.138. The molecule has 0 aliphatic rings. The molecular weight excluding hydrogens is 484 g/mol. The lowest BCUT2D eigenvalue weighted by Gasteiger charge is -2.12. The average molecular weight is 509 g/mol. The number of carbonyl (C=O) groups excluding carboxylic acids is 1. The van der Waals surface area contributed by atoms with Gasteiger partial charge in [-0.25, -0.2) is 0 Å². The van der Waals surface area contributed by atoms with Gasteiger partial charge >= 0.3 is 0 Å². The number of carbonyl (C=O) groups is 1. The van der Waals surface area contributed by atoms with E-state index in [0.29, 0.717) is 45.6 Å². The Morgan fingerprint density at radius 1 is 0.895 bits per heavy atom. The van der Waals surface area contributed by atoms with E-state index < -0.39 is 5.56 Å². The van der Waals surface area contributed by atoms with E-state index in [1.165, 1.54) is 16.9 Å². The predicted octanol–water partition coefficient (Wildman–Crippen LogP) is 4.72. The molecule has 5 aromatic rings. The van der Waals surface area contributed by atoms with Crippen molar-refractivity contribution in [3.8, 4) is 28.7 Å². The molecule has 0 radical (unpaired) electrons. The van der Waals surface area contributed by atoms with E-state index in [1.54, 1.807) is 69.8 Å². The van der Waals surface area contributed by atoms with Crippen LogP contribution in [0.4, 0.5) is 0 Å². The van der Waals surface area contributed by atoms with Gasteiger partial charge < -0.3 is 14.2 Å². The standard InChI is InChI=1S/C29H24N4O5/c1-18-13-23(29(35)33(32-18)20-7-5-4-6-8-20)25(34)14-19-9-10-21(17-31-19)38-26-11-12-30-24-16-28(37-3)27(36-2)15-22(24)26/h4-13,15-17H,14H2,1-3H3. The molecule has 2 aromatic carbocycles. The molecule has 0 saturated heterocycles. The quantitative estimate of drug-likeness (QED) is 0.277. The molecule has 0 N–H and O–H groups in total. The molecular formula is C29H24N4O5. The molecule has 0 saturated carbocycles. The first-order valence-electron chi connectivity index (χ1n) is 11.8. The molecule has 0 unspecified atom stereocenters. The number of pyridine rings is 2. The van der Waals surface area contributed by atoms with Crippen LogP contribution < -0.4 is 19.8 Å². The second-order valence-corrected chi connectivity index (χ2v) is 8.47. The molecule has 9 nitrogen and oxygen atoms in total. The van der Waals surface area contributed by atoms with E-state index in [-0.39, 0.29) is 17.8 Å². The Labute approximate surface area is 218 Å². The fourth-order valence-corrected chi connectivity index (χ4v) is 4.06. The Kier molecular flexibility index (Phi) is 6.82. The van der Waals surface area contributed by atoms with Gasteiger partial charge in [-0.05, 0) is 49.4 Å². The van der Waals surface area contributed by atoms with Crippen LogP contribution in [0.5, 0.6) is 23.0 Å². The van der Waals surface area contributed by atoms with Crippen LogP contribution in [0.25, 0.3) is 16.6 Å². The number of nitrogens with zero attached hydrogens (tertiary/aromatic N) is 4. The molecule has 0 fully saturated rings. The van der Waals surface area contributed by atoms with E-state index in [4.69, 9.17) is 14.2 Å². The van der Waals surface area contributed by atoms with Crippen molar-refractivity contribution in [2.45, 2.75) is 13.3 Å². The fourth-order valence-electron chi connectivity index (χ4n) is 4.06. The molecule has 9 heteroatoms. The number of hydrogen-bond donors (Lipinski definition) is 0. The summed E-state index contributed by atoms with van der Waals surface area (Å²) in [6.07, 6.45) is 3.14. The van der Waals surface area contributed by atoms with E-state index >= 15 is 0 Å². The summed E-state index contributed by atoms with van der Waals surface area (Å²) < 4.78 is 18.1. The number of Topliss-reactive ketones (excluding diaryl/α,β-unsaturated/α-hetero) is 1. The maximum Gasteiger partial charge on any atom is 0.282 e. The summed E-state index contributed by atoms with van der Waals surface area (Å²) >= 11 is 0. The van der Waals surface area contributed by atoms with Gasteiger partial charge in [0.05, 0.1) is 49.3 Å². The number of ether oxygens (including phenoxy) is 3. The van der Waals surface area contributed by atoms with E-state index in [9.17, 15) is 9.59 Å². The number of para-hydroxylation sites is 1. The minimum atomic E-state index is -0.469. The highest BCUT2D eigenvalue weighted by Crippen LogP contribution is 2.36. The van der Waals surface area contributed by atoms with Crippen molar-refractivity contribution in [2.24, 2.45) is 0 Å². The highest BCUT2D eigenvalue weighted by Gasteiger charge is 2.17. The lowest BCUT2D eigenvalue weighted by Crippen LogP contribution is -2.28. The summed E-state index contributed by atoms with van der Waals surface area (Å²) in [5.41, 5.74) is 1.94. The number of benzene rings is 2. The summed E-state index contributed by atoms with van der Waals surface area (Å²) in [6.45, 7) is 1.74. The topological polar surface area (TPSA) is 105 Å². The van der Waals surface area contributed by atoms with Crippen LogP contribution >= 0.6 is 0 Å². The first-order chi connectivity index (χ1) is 18.5. The molecule has 0 amide bonds. The summed E-state index contributed by atoms with van der Waals surface area (Å²) in [5.74, 6) is 1.83. The molecule has 0 bridgehead atoms. The van der Waals surface area contributed by atoms with Crippen LogP contribution in [0, 0.1) is 6.92 Å². The third-order valence-corrected chi connectivity index (χ3v) is 5.91. The van der Waals surface area contributed by atoms with Crippen LogP contribution in [-0.2, 0) is 6.42 Å². The lowest BCUT2D eigenvalue weighted by atomic mass is 10.1. The number of aryl methyl sites for hydroxylation is 1. The van der Waals surface area contributed by atoms with Crippen LogP contribution in [-0.4, -0.2) is 39.8 Å². The highest BCUT2D eigenvalue weighted by molar-refractivity contribution is 5.97. The van der Waals surface area contributed by atoms with Crippen molar-refractivity contribution in [3.05, 3.63) is 106 Å². The summed E-state index contributed by atoms with van der Waals surface area (Å²) in [6, 6.07) is 19.3. The van der Waals surface area contributed by atoms with Crippen molar-refractivity contribution in [3.63, 3.8) is 0 Å². The maximum atomic E-state index is 13.1. The van der Waals surface area contributed by atoms with Crippen molar-refractivity contribution >= 4 is 16.7 Å². The van der Waals surface area contributed by atoms with Crippen LogP contribution in [0.3, 0.4) is 0 Å². The number of aromatic nitrogens is 4. The number of rotatable bonds is 8. The van der Waals surface area contributed by atoms with Gasteiger partial charge in [-0.3, -0.25) is 19.6 Å². The zero-order chi connectivity index (χ0) is 26.6. The van der Waals surface area contributed by atoms with Gasteiger partial charge in [0.2, 0.25) is 0 Å². The van der Waals surface area contributed by atoms with Crippen molar-refractivity contribution in [1.82, 2.24) is 19.7 Å². The number of fused-ring (bicyclic) bond motifs is 1. The minimum Gasteiger partial charge on any atom is -0.493 e. The Hall–Kier alpha value is -5.05. The Bertz CT molecular complexity index is 1680. The zero-order valence-corrected chi connectivity index (χ0v) is 21.0. The average Bonchev–Trinajstić information content (AvgIpc) is 2.95. The molecule has 0 aliphatic carbocycles. The Morgan fingerprint density at radius 2 is 1.66 bits per heavy atom. The van der Waals surface area contributed by atoms with Gasteiger partial charge in [0.15, 0.2) is 17.3 Å². The van der Waals surface area contributed by atoms with Gasteiger partial charge in [-0.15, -0.1) is 0 Å². The van der Waals surface area contributed by atoms with E-state index in [1.807, 2.05) is 18.2 Å². The first kappa shape index (κ1) is 24.6. The highest BCUT2D eigenvalue weighted by atomic mass is 16.5. The monoisotopic (exact) mass is 508 g/mol. The third-order valence-electron chi connectivity index (χ3n) is 5.91. The maximum absolute atomic E-state index is 13.1. The molecule has 3 heterocycles. The van der Waals surface area contributed by atoms with Crippen LogP contribution in [0.15, 0.2) is 83.9 Å². The van der Waals surface area contributed by atoms with Gasteiger partial charge in [-0.2, -0.15) is 9.78 Å². The van der Waals surface area contributed by atoms with Crippen molar-refractivity contribution in [2.75, 3.05) is 14.2 Å². The largest absolute Gasteiger partial charge is 0.493 e. The first-order valence-corrected chi connectivity index (χ1v) is 11.8. The number of hydrogen-bond acceptors (Lipinski definition) is 8. The number of methoxy groups -OCH3 is 2. The predicted molar refractivity (Wildman–Crippen MR) is 142 cm³/mol. The molecule has 0 atom stereocenters. The van der Waals surface area contributed by atoms with Gasteiger partial charge in [0, 0.05) is 23.3 Å². The van der Waals surface area contributed by atoms with Crippen molar-refractivity contribution in [1.29, 1.82) is 0 Å². The van der Waals surface area contributed by atoms with Crippen molar-refractivity contribution < 1.29 is 19.0 Å². The Morgan fingerprint density at radius 3 is 2.37 bits per heavy atom. The Balaban J connectivity index is 1.36. The van der Waals surface area contributed by atoms with E-state index in [2.05, 4.69) is 15.1 Å². The summed E-state index contributed by atoms with van der Waals surface area (Å²) in [5, 5.41) is 5.03. The molecule has 3 aromatic heterocycles.